The molecule has 0 atom stereocenters. The third kappa shape index (κ3) is 3.20. The first-order valence-electron chi connectivity index (χ1n) is 6.59. The Morgan fingerprint density at radius 3 is 2.43 bits per heavy atom. The first-order chi connectivity index (χ1) is 10.2. The van der Waals surface area contributed by atoms with Gasteiger partial charge in [0.1, 0.15) is 0 Å². The monoisotopic (exact) mass is 299 g/mol. The summed E-state index contributed by atoms with van der Waals surface area (Å²) in [6.45, 7) is 0.703. The Morgan fingerprint density at radius 2 is 1.71 bits per heavy atom. The largest absolute Gasteiger partial charge is 0.399 e. The lowest BCUT2D eigenvalue weighted by Crippen LogP contribution is -2.05. The Kier molecular flexibility index (Phi) is 3.83. The second kappa shape index (κ2) is 5.93. The molecule has 0 radical (unpaired) electrons. The zero-order valence-electron chi connectivity index (χ0n) is 11.3. The summed E-state index contributed by atoms with van der Waals surface area (Å²) in [4.78, 5) is 0. The van der Waals surface area contributed by atoms with Crippen LogP contribution in [0.5, 0.6) is 0 Å². The summed E-state index contributed by atoms with van der Waals surface area (Å²) in [5.41, 5.74) is 8.56. The molecule has 0 aliphatic rings. The molecule has 1 aromatic heterocycles. The molecule has 0 aliphatic heterocycles. The first-order valence-corrected chi connectivity index (χ1v) is 6.97. The van der Waals surface area contributed by atoms with Crippen molar-refractivity contribution >= 4 is 17.3 Å². The highest BCUT2D eigenvalue weighted by Gasteiger charge is 2.08. The number of hydrogen-bond acceptors (Lipinski definition) is 4. The van der Waals surface area contributed by atoms with E-state index in [-0.39, 0.29) is 0 Å². The highest BCUT2D eigenvalue weighted by molar-refractivity contribution is 6.30. The number of nitrogen functional groups attached to an aromatic ring is 1. The molecule has 5 nitrogen and oxygen atoms in total. The number of rotatable bonds is 4. The molecular formula is C15H14ClN5. The van der Waals surface area contributed by atoms with Crippen molar-refractivity contribution in [2.45, 2.75) is 13.0 Å². The number of benzene rings is 2. The van der Waals surface area contributed by atoms with E-state index in [0.717, 1.165) is 28.5 Å². The van der Waals surface area contributed by atoms with Gasteiger partial charge in [-0.2, -0.15) is 0 Å². The van der Waals surface area contributed by atoms with Gasteiger partial charge in [0, 0.05) is 22.8 Å². The van der Waals surface area contributed by atoms with Gasteiger partial charge in [0.05, 0.1) is 0 Å². The molecule has 2 aromatic carbocycles. The van der Waals surface area contributed by atoms with Gasteiger partial charge in [0.2, 0.25) is 0 Å². The fraction of sp³-hybridized carbons (Fsp3) is 0.133. The van der Waals surface area contributed by atoms with Gasteiger partial charge in [0.25, 0.3) is 0 Å². The van der Waals surface area contributed by atoms with Crippen molar-refractivity contribution in [3.05, 3.63) is 59.1 Å². The van der Waals surface area contributed by atoms with Crippen LogP contribution >= 0.6 is 11.6 Å². The van der Waals surface area contributed by atoms with Gasteiger partial charge in [-0.3, -0.25) is 0 Å². The lowest BCUT2D eigenvalue weighted by molar-refractivity contribution is 0.594. The standard InChI is InChI=1S/C15H14ClN5/c16-13-5-1-11(2-6-13)9-10-21-15(18-19-20-21)12-3-7-14(17)8-4-12/h1-8H,9-10,17H2. The SMILES string of the molecule is Nc1ccc(-c2nnnn2CCc2ccc(Cl)cc2)cc1. The molecule has 0 aliphatic carbocycles. The van der Waals surface area contributed by atoms with E-state index in [1.165, 1.54) is 5.56 Å². The summed E-state index contributed by atoms with van der Waals surface area (Å²) < 4.78 is 1.79. The molecule has 0 amide bonds. The zero-order chi connectivity index (χ0) is 14.7. The quantitative estimate of drug-likeness (QED) is 0.752. The van der Waals surface area contributed by atoms with E-state index in [2.05, 4.69) is 15.5 Å². The molecule has 0 saturated carbocycles. The summed E-state index contributed by atoms with van der Waals surface area (Å²) in [7, 11) is 0. The van der Waals surface area contributed by atoms with Crippen molar-refractivity contribution in [1.82, 2.24) is 20.2 Å². The van der Waals surface area contributed by atoms with Gasteiger partial charge in [-0.25, -0.2) is 4.68 Å². The van der Waals surface area contributed by atoms with Crippen molar-refractivity contribution in [2.24, 2.45) is 0 Å². The van der Waals surface area contributed by atoms with Crippen LogP contribution in [0.15, 0.2) is 48.5 Å². The van der Waals surface area contributed by atoms with Crippen molar-refractivity contribution < 1.29 is 0 Å². The van der Waals surface area contributed by atoms with Crippen molar-refractivity contribution in [1.29, 1.82) is 0 Å². The summed E-state index contributed by atoms with van der Waals surface area (Å²) in [6.07, 6.45) is 0.837. The fourth-order valence-electron chi connectivity index (χ4n) is 2.08. The molecule has 2 N–H and O–H groups in total. The summed E-state index contributed by atoms with van der Waals surface area (Å²) in [6, 6.07) is 15.3. The second-order valence-corrected chi connectivity index (χ2v) is 5.16. The van der Waals surface area contributed by atoms with Gasteiger partial charge < -0.3 is 5.73 Å². The van der Waals surface area contributed by atoms with E-state index in [9.17, 15) is 0 Å². The molecule has 21 heavy (non-hydrogen) atoms. The van der Waals surface area contributed by atoms with Crippen LogP contribution in [-0.4, -0.2) is 20.2 Å². The number of halogens is 1. The number of tetrazole rings is 1. The predicted molar refractivity (Wildman–Crippen MR) is 82.8 cm³/mol. The number of aromatic nitrogens is 4. The second-order valence-electron chi connectivity index (χ2n) is 4.72. The van der Waals surface area contributed by atoms with Crippen LogP contribution < -0.4 is 5.73 Å². The fourth-order valence-corrected chi connectivity index (χ4v) is 2.21. The van der Waals surface area contributed by atoms with Gasteiger partial charge >= 0.3 is 0 Å². The lowest BCUT2D eigenvalue weighted by Gasteiger charge is -2.05. The van der Waals surface area contributed by atoms with Gasteiger partial charge in [-0.1, -0.05) is 23.7 Å². The van der Waals surface area contributed by atoms with E-state index < -0.39 is 0 Å². The Hall–Kier alpha value is -2.40. The van der Waals surface area contributed by atoms with Crippen LogP contribution in [0, 0.1) is 0 Å². The molecule has 0 unspecified atom stereocenters. The van der Waals surface area contributed by atoms with Crippen LogP contribution in [0.3, 0.4) is 0 Å². The summed E-state index contributed by atoms with van der Waals surface area (Å²) in [5, 5.41) is 12.6. The Balaban J connectivity index is 1.76. The van der Waals surface area contributed by atoms with E-state index in [4.69, 9.17) is 17.3 Å². The number of hydrogen-bond donors (Lipinski definition) is 1. The zero-order valence-corrected chi connectivity index (χ0v) is 12.0. The third-order valence-corrected chi connectivity index (χ3v) is 3.48. The van der Waals surface area contributed by atoms with Crippen LogP contribution in [0.25, 0.3) is 11.4 Å². The smallest absolute Gasteiger partial charge is 0.182 e. The average molecular weight is 300 g/mol. The highest BCUT2D eigenvalue weighted by atomic mass is 35.5. The molecule has 1 heterocycles. The third-order valence-electron chi connectivity index (χ3n) is 3.23. The molecular weight excluding hydrogens is 286 g/mol. The maximum Gasteiger partial charge on any atom is 0.182 e. The van der Waals surface area contributed by atoms with Gasteiger partial charge in [0.15, 0.2) is 5.82 Å². The Bertz CT molecular complexity index is 719. The number of nitrogens with two attached hydrogens (primary N) is 1. The van der Waals surface area contributed by atoms with Gasteiger partial charge in [-0.05, 0) is 58.8 Å². The number of aryl methyl sites for hydroxylation is 2. The molecule has 3 rings (SSSR count). The molecule has 3 aromatic rings. The van der Waals surface area contributed by atoms with Crippen molar-refractivity contribution in [2.75, 3.05) is 5.73 Å². The van der Waals surface area contributed by atoms with Crippen LogP contribution in [-0.2, 0) is 13.0 Å². The molecule has 0 bridgehead atoms. The molecule has 0 saturated heterocycles. The molecule has 6 heteroatoms. The minimum Gasteiger partial charge on any atom is -0.399 e. The van der Waals surface area contributed by atoms with E-state index in [1.54, 1.807) is 4.68 Å². The highest BCUT2D eigenvalue weighted by Crippen LogP contribution is 2.18. The maximum atomic E-state index is 5.88. The molecule has 106 valence electrons. The van der Waals surface area contributed by atoms with Gasteiger partial charge in [-0.15, -0.1) is 5.10 Å². The Labute approximate surface area is 127 Å². The average Bonchev–Trinajstić information content (AvgIpc) is 2.96. The van der Waals surface area contributed by atoms with E-state index >= 15 is 0 Å². The predicted octanol–water partition coefficient (Wildman–Crippen LogP) is 2.82. The van der Waals surface area contributed by atoms with Crippen molar-refractivity contribution in [3.63, 3.8) is 0 Å². The van der Waals surface area contributed by atoms with Crippen LogP contribution in [0.2, 0.25) is 5.02 Å². The van der Waals surface area contributed by atoms with Crippen LogP contribution in [0.4, 0.5) is 5.69 Å². The minimum absolute atomic E-state index is 0.703. The first kappa shape index (κ1) is 13.6. The number of anilines is 1. The normalized spacial score (nSPS) is 10.7. The minimum atomic E-state index is 0.703. The van der Waals surface area contributed by atoms with Crippen molar-refractivity contribution in [3.8, 4) is 11.4 Å². The number of nitrogens with zero attached hydrogens (tertiary/aromatic N) is 4. The topological polar surface area (TPSA) is 69.6 Å². The van der Waals surface area contributed by atoms with Crippen LogP contribution in [0.1, 0.15) is 5.56 Å². The molecule has 0 spiro atoms. The maximum absolute atomic E-state index is 5.88. The lowest BCUT2D eigenvalue weighted by atomic mass is 10.1. The van der Waals surface area contributed by atoms with E-state index in [1.807, 2.05) is 48.5 Å². The summed E-state index contributed by atoms with van der Waals surface area (Å²) >= 11 is 5.88. The summed E-state index contributed by atoms with van der Waals surface area (Å²) in [5.74, 6) is 0.740. The molecule has 0 fully saturated rings. The Morgan fingerprint density at radius 1 is 1.00 bits per heavy atom. The van der Waals surface area contributed by atoms with E-state index in [0.29, 0.717) is 6.54 Å².